The van der Waals surface area contributed by atoms with Gasteiger partial charge in [-0.25, -0.2) is 9.37 Å². The fourth-order valence-electron chi connectivity index (χ4n) is 1.62. The smallest absolute Gasteiger partial charge is 0.259 e. The Kier molecular flexibility index (Phi) is 4.88. The van der Waals surface area contributed by atoms with Gasteiger partial charge >= 0.3 is 0 Å². The van der Waals surface area contributed by atoms with Crippen LogP contribution in [0.4, 0.5) is 15.9 Å². The van der Waals surface area contributed by atoms with Crippen LogP contribution in [0.25, 0.3) is 0 Å². The van der Waals surface area contributed by atoms with Crippen molar-refractivity contribution >= 4 is 52.2 Å². The number of aromatic nitrogens is 1. The molecule has 2 N–H and O–H groups in total. The molecule has 0 aliphatic heterocycles. The monoisotopic (exact) mass is 347 g/mol. The molecular weight excluding hydrogens is 340 g/mol. The van der Waals surface area contributed by atoms with Crippen molar-refractivity contribution in [2.75, 3.05) is 17.7 Å². The summed E-state index contributed by atoms with van der Waals surface area (Å²) in [6.45, 7) is 0. The van der Waals surface area contributed by atoms with Gasteiger partial charge in [0.2, 0.25) is 0 Å². The van der Waals surface area contributed by atoms with Crippen LogP contribution < -0.4 is 10.6 Å². The van der Waals surface area contributed by atoms with E-state index in [9.17, 15) is 9.18 Å². The lowest BCUT2D eigenvalue weighted by Gasteiger charge is -2.11. The van der Waals surface area contributed by atoms with Gasteiger partial charge in [0, 0.05) is 7.05 Å². The Morgan fingerprint density at radius 2 is 1.81 bits per heavy atom. The number of carbonyl (C=O) groups excluding carboxylic acids is 1. The Bertz CT molecular complexity index is 709. The first kappa shape index (κ1) is 15.8. The van der Waals surface area contributed by atoms with Crippen molar-refractivity contribution in [2.45, 2.75) is 0 Å². The number of rotatable bonds is 3. The summed E-state index contributed by atoms with van der Waals surface area (Å²) >= 11 is 17.7. The number of amides is 1. The average Bonchev–Trinajstić information content (AvgIpc) is 2.44. The van der Waals surface area contributed by atoms with Gasteiger partial charge in [-0.2, -0.15) is 0 Å². The summed E-state index contributed by atoms with van der Waals surface area (Å²) < 4.78 is 13.2. The molecule has 0 bridgehead atoms. The largest absolute Gasteiger partial charge is 0.372 e. The highest BCUT2D eigenvalue weighted by molar-refractivity contribution is 6.44. The second-order valence-electron chi connectivity index (χ2n) is 4.00. The Labute approximate surface area is 135 Å². The number of benzene rings is 1. The molecule has 0 saturated heterocycles. The maximum Gasteiger partial charge on any atom is 0.259 e. The molecule has 0 aliphatic rings. The standard InChI is InChI=1S/C13H9Cl3FN3O/c1-18-12-7(2-6(17)5-19-12)13(21)20-11-4-9(15)8(14)3-10(11)16/h2-5H,1H3,(H,18,19)(H,20,21). The number of halogens is 4. The van der Waals surface area contributed by atoms with Gasteiger partial charge in [-0.05, 0) is 18.2 Å². The van der Waals surface area contributed by atoms with E-state index in [0.717, 1.165) is 12.3 Å². The second-order valence-corrected chi connectivity index (χ2v) is 5.22. The predicted octanol–water partition coefficient (Wildman–Crippen LogP) is 4.47. The molecule has 1 aromatic carbocycles. The number of anilines is 2. The molecule has 2 aromatic rings. The van der Waals surface area contributed by atoms with E-state index >= 15 is 0 Å². The normalized spacial score (nSPS) is 10.3. The Hall–Kier alpha value is -1.56. The molecule has 1 heterocycles. The van der Waals surface area contributed by atoms with Crippen LogP contribution in [0.1, 0.15) is 10.4 Å². The summed E-state index contributed by atoms with van der Waals surface area (Å²) in [6.07, 6.45) is 1.01. The first-order chi connectivity index (χ1) is 9.92. The second kappa shape index (κ2) is 6.47. The third-order valence-corrected chi connectivity index (χ3v) is 3.63. The van der Waals surface area contributed by atoms with Crippen LogP contribution in [0.15, 0.2) is 24.4 Å². The zero-order chi connectivity index (χ0) is 15.6. The Morgan fingerprint density at radius 3 is 2.48 bits per heavy atom. The molecule has 21 heavy (non-hydrogen) atoms. The van der Waals surface area contributed by atoms with E-state index in [0.29, 0.717) is 0 Å². The third kappa shape index (κ3) is 3.56. The van der Waals surface area contributed by atoms with Crippen molar-refractivity contribution < 1.29 is 9.18 Å². The maximum absolute atomic E-state index is 13.2. The summed E-state index contributed by atoms with van der Waals surface area (Å²) in [4.78, 5) is 16.0. The van der Waals surface area contributed by atoms with Crippen molar-refractivity contribution in [3.8, 4) is 0 Å². The summed E-state index contributed by atoms with van der Waals surface area (Å²) in [6, 6.07) is 3.89. The van der Waals surface area contributed by atoms with E-state index in [-0.39, 0.29) is 32.1 Å². The lowest BCUT2D eigenvalue weighted by molar-refractivity contribution is 0.102. The van der Waals surface area contributed by atoms with Crippen molar-refractivity contribution in [1.29, 1.82) is 0 Å². The van der Waals surface area contributed by atoms with Crippen LogP contribution in [0.3, 0.4) is 0 Å². The van der Waals surface area contributed by atoms with Crippen LogP contribution in [0.5, 0.6) is 0 Å². The van der Waals surface area contributed by atoms with Gasteiger partial charge in [-0.1, -0.05) is 34.8 Å². The summed E-state index contributed by atoms with van der Waals surface area (Å²) in [5, 5.41) is 5.96. The van der Waals surface area contributed by atoms with Gasteiger partial charge in [0.15, 0.2) is 0 Å². The molecule has 1 aromatic heterocycles. The molecule has 110 valence electrons. The number of hydrogen-bond acceptors (Lipinski definition) is 3. The molecule has 0 aliphatic carbocycles. The molecule has 0 fully saturated rings. The lowest BCUT2D eigenvalue weighted by atomic mass is 10.2. The Morgan fingerprint density at radius 1 is 1.14 bits per heavy atom. The molecule has 0 spiro atoms. The topological polar surface area (TPSA) is 54.0 Å². The highest BCUT2D eigenvalue weighted by Crippen LogP contribution is 2.32. The molecular formula is C13H9Cl3FN3O. The lowest BCUT2D eigenvalue weighted by Crippen LogP contribution is -2.15. The van der Waals surface area contributed by atoms with E-state index in [1.165, 1.54) is 12.1 Å². The van der Waals surface area contributed by atoms with Gasteiger partial charge in [-0.15, -0.1) is 0 Å². The molecule has 0 unspecified atom stereocenters. The van der Waals surface area contributed by atoms with Crippen LogP contribution in [0, 0.1) is 5.82 Å². The number of nitrogens with zero attached hydrogens (tertiary/aromatic N) is 1. The van der Waals surface area contributed by atoms with Crippen LogP contribution in [-0.2, 0) is 0 Å². The first-order valence-corrected chi connectivity index (χ1v) is 6.85. The third-order valence-electron chi connectivity index (χ3n) is 2.59. The molecule has 8 heteroatoms. The van der Waals surface area contributed by atoms with Crippen molar-refractivity contribution in [3.63, 3.8) is 0 Å². The van der Waals surface area contributed by atoms with E-state index < -0.39 is 11.7 Å². The summed E-state index contributed by atoms with van der Waals surface area (Å²) in [5.41, 5.74) is 0.307. The van der Waals surface area contributed by atoms with E-state index in [4.69, 9.17) is 34.8 Å². The minimum absolute atomic E-state index is 0.0413. The minimum atomic E-state index is -0.626. The molecule has 2 rings (SSSR count). The zero-order valence-corrected chi connectivity index (χ0v) is 12.9. The van der Waals surface area contributed by atoms with Crippen LogP contribution in [0.2, 0.25) is 15.1 Å². The fourth-order valence-corrected chi connectivity index (χ4v) is 2.21. The van der Waals surface area contributed by atoms with E-state index in [1.807, 2.05) is 0 Å². The van der Waals surface area contributed by atoms with Gasteiger partial charge in [-0.3, -0.25) is 4.79 Å². The number of hydrogen-bond donors (Lipinski definition) is 2. The highest BCUT2D eigenvalue weighted by atomic mass is 35.5. The number of nitrogens with one attached hydrogen (secondary N) is 2. The Balaban J connectivity index is 2.34. The molecule has 4 nitrogen and oxygen atoms in total. The molecule has 0 radical (unpaired) electrons. The number of pyridine rings is 1. The van der Waals surface area contributed by atoms with Gasteiger partial charge in [0.1, 0.15) is 11.6 Å². The number of carbonyl (C=O) groups is 1. The van der Waals surface area contributed by atoms with Crippen molar-refractivity contribution in [3.05, 3.63) is 50.8 Å². The zero-order valence-electron chi connectivity index (χ0n) is 10.7. The fraction of sp³-hybridized carbons (Fsp3) is 0.0769. The van der Waals surface area contributed by atoms with Gasteiger partial charge in [0.25, 0.3) is 5.91 Å². The van der Waals surface area contributed by atoms with Crippen molar-refractivity contribution in [2.24, 2.45) is 0 Å². The predicted molar refractivity (Wildman–Crippen MR) is 83.2 cm³/mol. The first-order valence-electron chi connectivity index (χ1n) is 5.71. The average molecular weight is 349 g/mol. The van der Waals surface area contributed by atoms with Gasteiger partial charge < -0.3 is 10.6 Å². The molecule has 0 atom stereocenters. The van der Waals surface area contributed by atoms with Crippen LogP contribution in [-0.4, -0.2) is 17.9 Å². The molecule has 0 saturated carbocycles. The van der Waals surface area contributed by atoms with Crippen LogP contribution >= 0.6 is 34.8 Å². The van der Waals surface area contributed by atoms with E-state index in [2.05, 4.69) is 15.6 Å². The van der Waals surface area contributed by atoms with Crippen molar-refractivity contribution in [1.82, 2.24) is 4.98 Å². The molecule has 1 amide bonds. The summed E-state index contributed by atoms with van der Waals surface area (Å²) in [7, 11) is 1.57. The van der Waals surface area contributed by atoms with Gasteiger partial charge in [0.05, 0.1) is 32.5 Å². The highest BCUT2D eigenvalue weighted by Gasteiger charge is 2.16. The minimum Gasteiger partial charge on any atom is -0.372 e. The quantitative estimate of drug-likeness (QED) is 0.804. The maximum atomic E-state index is 13.2. The van der Waals surface area contributed by atoms with E-state index in [1.54, 1.807) is 7.05 Å². The summed E-state index contributed by atoms with van der Waals surface area (Å²) in [5.74, 6) is -0.962. The SMILES string of the molecule is CNc1ncc(F)cc1C(=O)Nc1cc(Cl)c(Cl)cc1Cl.